The number of carbonyl (C=O) groups is 3. The fourth-order valence-electron chi connectivity index (χ4n) is 3.49. The molecule has 3 rings (SSSR count). The predicted octanol–water partition coefficient (Wildman–Crippen LogP) is 0.967. The molecule has 2 fully saturated rings. The number of nitrogens with zero attached hydrogens (tertiary/aromatic N) is 1. The van der Waals surface area contributed by atoms with E-state index in [1.807, 2.05) is 12.2 Å². The summed E-state index contributed by atoms with van der Waals surface area (Å²) in [6, 6.07) is 0. The van der Waals surface area contributed by atoms with E-state index in [4.69, 9.17) is 9.47 Å². The van der Waals surface area contributed by atoms with E-state index in [9.17, 15) is 14.4 Å². The molecule has 1 saturated heterocycles. The summed E-state index contributed by atoms with van der Waals surface area (Å²) in [4.78, 5) is 37.3. The third-order valence-corrected chi connectivity index (χ3v) is 4.33. The Morgan fingerprint density at radius 3 is 2.65 bits per heavy atom. The van der Waals surface area contributed by atoms with Gasteiger partial charge in [0.1, 0.15) is 6.61 Å². The van der Waals surface area contributed by atoms with Gasteiger partial charge >= 0.3 is 12.1 Å². The van der Waals surface area contributed by atoms with Crippen LogP contribution >= 0.6 is 0 Å². The van der Waals surface area contributed by atoms with Gasteiger partial charge in [0.2, 0.25) is 5.91 Å². The van der Waals surface area contributed by atoms with Gasteiger partial charge in [-0.1, -0.05) is 12.2 Å². The summed E-state index contributed by atoms with van der Waals surface area (Å²) in [6.45, 7) is 2.54. The Hall–Kier alpha value is -1.85. The number of hydrogen-bond acceptors (Lipinski definition) is 5. The van der Waals surface area contributed by atoms with E-state index in [1.54, 1.807) is 6.92 Å². The largest absolute Gasteiger partial charge is 0.466 e. The lowest BCUT2D eigenvalue weighted by molar-refractivity contribution is -0.154. The van der Waals surface area contributed by atoms with Gasteiger partial charge in [0.15, 0.2) is 0 Å². The Morgan fingerprint density at radius 2 is 2.05 bits per heavy atom. The lowest BCUT2D eigenvalue weighted by atomic mass is 9.82. The molecule has 3 aliphatic rings. The van der Waals surface area contributed by atoms with E-state index in [2.05, 4.69) is 0 Å². The predicted molar refractivity (Wildman–Crippen MR) is 67.4 cm³/mol. The first-order chi connectivity index (χ1) is 9.63. The van der Waals surface area contributed by atoms with Crippen molar-refractivity contribution in [3.05, 3.63) is 12.2 Å². The number of cyclic esters (lactones) is 1. The van der Waals surface area contributed by atoms with E-state index < -0.39 is 17.9 Å². The van der Waals surface area contributed by atoms with Crippen molar-refractivity contribution in [1.29, 1.82) is 0 Å². The fourth-order valence-corrected chi connectivity index (χ4v) is 3.49. The highest BCUT2D eigenvalue weighted by Gasteiger charge is 2.54. The van der Waals surface area contributed by atoms with Crippen LogP contribution in [0.2, 0.25) is 0 Å². The average Bonchev–Trinajstić information content (AvgIpc) is 3.12. The monoisotopic (exact) mass is 279 g/mol. The quantitative estimate of drug-likeness (QED) is 0.568. The molecule has 6 heteroatoms. The summed E-state index contributed by atoms with van der Waals surface area (Å²) in [6.07, 6.45) is 4.13. The Kier molecular flexibility index (Phi) is 3.23. The van der Waals surface area contributed by atoms with Crippen LogP contribution in [0.5, 0.6) is 0 Å². The summed E-state index contributed by atoms with van der Waals surface area (Å²) >= 11 is 0. The maximum absolute atomic E-state index is 12.6. The topological polar surface area (TPSA) is 72.9 Å². The minimum atomic E-state index is -0.607. The Morgan fingerprint density at radius 1 is 1.35 bits per heavy atom. The summed E-state index contributed by atoms with van der Waals surface area (Å²) < 4.78 is 9.89. The number of imide groups is 1. The smallest absolute Gasteiger partial charge is 0.416 e. The molecule has 0 radical (unpaired) electrons. The molecule has 2 amide bonds. The molecule has 1 saturated carbocycles. The second-order valence-electron chi connectivity index (χ2n) is 5.36. The number of allylic oxidation sites excluding steroid dienone is 2. The summed E-state index contributed by atoms with van der Waals surface area (Å²) in [5, 5.41) is 0. The van der Waals surface area contributed by atoms with Crippen molar-refractivity contribution in [3.63, 3.8) is 0 Å². The van der Waals surface area contributed by atoms with Crippen LogP contribution in [0.3, 0.4) is 0 Å². The van der Waals surface area contributed by atoms with E-state index in [1.165, 1.54) is 0 Å². The molecule has 0 aromatic heterocycles. The average molecular weight is 279 g/mol. The number of rotatable bonds is 3. The van der Waals surface area contributed by atoms with Crippen LogP contribution in [-0.4, -0.2) is 42.6 Å². The van der Waals surface area contributed by atoms with Crippen molar-refractivity contribution in [2.24, 2.45) is 23.7 Å². The first kappa shape index (κ1) is 13.1. The highest BCUT2D eigenvalue weighted by atomic mass is 16.6. The molecule has 2 aliphatic carbocycles. The molecule has 4 atom stereocenters. The summed E-state index contributed by atoms with van der Waals surface area (Å²) in [7, 11) is 0. The van der Waals surface area contributed by atoms with Gasteiger partial charge in [-0.15, -0.1) is 0 Å². The van der Waals surface area contributed by atoms with Crippen molar-refractivity contribution in [1.82, 2.24) is 4.90 Å². The highest BCUT2D eigenvalue weighted by Crippen LogP contribution is 2.49. The van der Waals surface area contributed by atoms with Crippen LogP contribution in [0.25, 0.3) is 0 Å². The van der Waals surface area contributed by atoms with Crippen LogP contribution in [0.15, 0.2) is 12.2 Å². The molecule has 2 bridgehead atoms. The third kappa shape index (κ3) is 1.90. The van der Waals surface area contributed by atoms with Gasteiger partial charge in [-0.25, -0.2) is 9.69 Å². The van der Waals surface area contributed by atoms with Crippen LogP contribution in [0.1, 0.15) is 13.3 Å². The molecule has 0 N–H and O–H groups in total. The molecule has 0 spiro atoms. The maximum Gasteiger partial charge on any atom is 0.416 e. The lowest BCUT2D eigenvalue weighted by Gasteiger charge is -2.27. The van der Waals surface area contributed by atoms with Gasteiger partial charge < -0.3 is 9.47 Å². The maximum atomic E-state index is 12.6. The summed E-state index contributed by atoms with van der Waals surface area (Å²) in [5.41, 5.74) is 0. The number of ether oxygens (including phenoxy) is 2. The van der Waals surface area contributed by atoms with Crippen LogP contribution < -0.4 is 0 Å². The minimum Gasteiger partial charge on any atom is -0.466 e. The van der Waals surface area contributed by atoms with Gasteiger partial charge in [0.05, 0.1) is 25.0 Å². The van der Waals surface area contributed by atoms with E-state index in [0.29, 0.717) is 6.61 Å². The molecular weight excluding hydrogens is 262 g/mol. The minimum absolute atomic E-state index is 0.0234. The Balaban J connectivity index is 1.83. The van der Waals surface area contributed by atoms with Gasteiger partial charge in [0, 0.05) is 0 Å². The highest BCUT2D eigenvalue weighted by molar-refractivity contribution is 5.97. The molecule has 6 nitrogen and oxygen atoms in total. The van der Waals surface area contributed by atoms with Crippen LogP contribution in [0.4, 0.5) is 4.79 Å². The zero-order chi connectivity index (χ0) is 14.3. The number of esters is 1. The molecule has 108 valence electrons. The van der Waals surface area contributed by atoms with E-state index >= 15 is 0 Å². The van der Waals surface area contributed by atoms with Crippen molar-refractivity contribution in [2.45, 2.75) is 13.3 Å². The Labute approximate surface area is 116 Å². The molecular formula is C14H17NO5. The van der Waals surface area contributed by atoms with Gasteiger partial charge in [-0.05, 0) is 25.2 Å². The summed E-state index contributed by atoms with van der Waals surface area (Å²) in [5.74, 6) is -1.53. The molecule has 1 heterocycles. The number of carbonyl (C=O) groups excluding carboxylic acids is 3. The lowest BCUT2D eigenvalue weighted by Crippen LogP contribution is -2.43. The second-order valence-corrected chi connectivity index (χ2v) is 5.36. The van der Waals surface area contributed by atoms with Gasteiger partial charge in [0.25, 0.3) is 0 Å². The van der Waals surface area contributed by atoms with Crippen molar-refractivity contribution < 1.29 is 23.9 Å². The number of amides is 2. The first-order valence-electron chi connectivity index (χ1n) is 6.96. The Bertz CT molecular complexity index is 486. The van der Waals surface area contributed by atoms with Crippen molar-refractivity contribution >= 4 is 18.0 Å². The van der Waals surface area contributed by atoms with Crippen LogP contribution in [0, 0.1) is 23.7 Å². The molecule has 0 unspecified atom stereocenters. The molecule has 0 aromatic carbocycles. The first-order valence-corrected chi connectivity index (χ1v) is 6.96. The molecule has 0 aromatic rings. The number of fused-ring (bicyclic) bond motifs is 2. The fraction of sp³-hybridized carbons (Fsp3) is 0.643. The van der Waals surface area contributed by atoms with Gasteiger partial charge in [-0.3, -0.25) is 9.59 Å². The molecule has 20 heavy (non-hydrogen) atoms. The zero-order valence-corrected chi connectivity index (χ0v) is 11.3. The van der Waals surface area contributed by atoms with Crippen molar-refractivity contribution in [2.75, 3.05) is 19.8 Å². The SMILES string of the molecule is CCOC(=O)[C@@H]1[C@@H](C(=O)N2CCOC2=O)[C@@H]2C=C[C@H]1C2. The number of hydrogen-bond donors (Lipinski definition) is 0. The third-order valence-electron chi connectivity index (χ3n) is 4.33. The zero-order valence-electron chi connectivity index (χ0n) is 11.3. The van der Waals surface area contributed by atoms with Gasteiger partial charge in [-0.2, -0.15) is 0 Å². The van der Waals surface area contributed by atoms with E-state index in [-0.39, 0.29) is 36.9 Å². The van der Waals surface area contributed by atoms with Crippen molar-refractivity contribution in [3.8, 4) is 0 Å². The van der Waals surface area contributed by atoms with E-state index in [0.717, 1.165) is 11.3 Å². The normalized spacial score (nSPS) is 34.5. The van der Waals surface area contributed by atoms with Crippen LogP contribution in [-0.2, 0) is 19.1 Å². The standard InChI is InChI=1S/C14H17NO5/c1-2-19-13(17)11-9-4-3-8(7-9)10(11)12(16)15-5-6-20-14(15)18/h3-4,8-11H,2,5-7H2,1H3/t8-,9+,10+,11+/m1/s1. The molecule has 1 aliphatic heterocycles. The second kappa shape index (κ2) is 4.92.